The number of nitrogens with one attached hydrogen (secondary N) is 2. The zero-order chi connectivity index (χ0) is 21.4. The Morgan fingerprint density at radius 3 is 3.00 bits per heavy atom. The largest absolute Gasteiger partial charge is 0.351 e. The average Bonchev–Trinajstić information content (AvgIpc) is 3.38. The summed E-state index contributed by atoms with van der Waals surface area (Å²) in [6, 6.07) is 3.98. The SMILES string of the molecule is CC(=O)NC1(C)CCC(/C=N/c2ncc3c(-c4ccn5ncnc5c4)c[nH]c3n2)CC1. The fourth-order valence-electron chi connectivity index (χ4n) is 4.33. The molecule has 0 radical (unpaired) electrons. The molecular weight excluding hydrogens is 392 g/mol. The first-order valence-corrected chi connectivity index (χ1v) is 10.5. The predicted molar refractivity (Wildman–Crippen MR) is 118 cm³/mol. The summed E-state index contributed by atoms with van der Waals surface area (Å²) < 4.78 is 1.73. The Morgan fingerprint density at radius 1 is 1.35 bits per heavy atom. The Kier molecular flexibility index (Phi) is 4.72. The first-order chi connectivity index (χ1) is 15.0. The number of carbonyl (C=O) groups is 1. The number of H-pyrrole nitrogens is 1. The standard InChI is InChI=1S/C22H24N8O/c1-14(31)29-22(2)6-3-15(4-7-22)10-24-21-25-12-18-17(11-23-20(18)28-21)16-5-8-30-19(9-16)26-13-27-30/h5,8-13,15H,3-4,6-7H2,1-2H3,(H,29,31)(H,23,25,28)/b24-10+. The Hall–Kier alpha value is -3.62. The van der Waals surface area contributed by atoms with E-state index in [9.17, 15) is 4.79 Å². The number of aliphatic imine (C=N–C) groups is 1. The number of amides is 1. The van der Waals surface area contributed by atoms with Gasteiger partial charge < -0.3 is 10.3 Å². The van der Waals surface area contributed by atoms with E-state index < -0.39 is 0 Å². The molecule has 0 aliphatic heterocycles. The van der Waals surface area contributed by atoms with E-state index in [0.717, 1.165) is 53.5 Å². The number of rotatable bonds is 4. The molecule has 9 nitrogen and oxygen atoms in total. The Morgan fingerprint density at radius 2 is 2.19 bits per heavy atom. The molecule has 0 atom stereocenters. The molecule has 5 rings (SSSR count). The van der Waals surface area contributed by atoms with Crippen LogP contribution in [0.2, 0.25) is 0 Å². The molecule has 1 amide bonds. The maximum Gasteiger partial charge on any atom is 0.250 e. The van der Waals surface area contributed by atoms with Crippen molar-refractivity contribution in [3.05, 3.63) is 37.1 Å². The third kappa shape index (κ3) is 3.90. The van der Waals surface area contributed by atoms with Gasteiger partial charge in [-0.2, -0.15) is 10.1 Å². The maximum atomic E-state index is 11.4. The van der Waals surface area contributed by atoms with Crippen molar-refractivity contribution in [3.8, 4) is 11.1 Å². The summed E-state index contributed by atoms with van der Waals surface area (Å²) in [4.78, 5) is 32.4. The molecule has 1 aliphatic carbocycles. The zero-order valence-corrected chi connectivity index (χ0v) is 17.5. The minimum atomic E-state index is -0.109. The number of hydrogen-bond acceptors (Lipinski definition) is 6. The van der Waals surface area contributed by atoms with Crippen molar-refractivity contribution < 1.29 is 4.79 Å². The predicted octanol–water partition coefficient (Wildman–Crippen LogP) is 3.45. The van der Waals surface area contributed by atoms with Crippen molar-refractivity contribution >= 4 is 34.8 Å². The summed E-state index contributed by atoms with van der Waals surface area (Å²) in [6.45, 7) is 3.69. The van der Waals surface area contributed by atoms with Crippen molar-refractivity contribution in [2.75, 3.05) is 0 Å². The van der Waals surface area contributed by atoms with Crippen LogP contribution in [0.25, 0.3) is 27.8 Å². The van der Waals surface area contributed by atoms with Gasteiger partial charge in [0.25, 0.3) is 5.95 Å². The van der Waals surface area contributed by atoms with Crippen molar-refractivity contribution in [2.45, 2.75) is 45.1 Å². The molecular formula is C22H24N8O. The number of hydrogen-bond donors (Lipinski definition) is 2. The lowest BCUT2D eigenvalue weighted by atomic mass is 9.78. The van der Waals surface area contributed by atoms with Gasteiger partial charge in [0.15, 0.2) is 5.65 Å². The molecule has 0 aromatic carbocycles. The van der Waals surface area contributed by atoms with Gasteiger partial charge in [0.05, 0.1) is 0 Å². The van der Waals surface area contributed by atoms with Gasteiger partial charge in [0.1, 0.15) is 12.0 Å². The fraction of sp³-hybridized carbons (Fsp3) is 0.364. The van der Waals surface area contributed by atoms with Crippen LogP contribution in [0.1, 0.15) is 39.5 Å². The smallest absolute Gasteiger partial charge is 0.250 e. The molecule has 1 saturated carbocycles. The molecule has 0 bridgehead atoms. The number of aromatic nitrogens is 6. The number of pyridine rings is 1. The number of carbonyl (C=O) groups excluding carboxylic acids is 1. The maximum absolute atomic E-state index is 11.4. The molecule has 9 heteroatoms. The number of aromatic amines is 1. The lowest BCUT2D eigenvalue weighted by Gasteiger charge is -2.36. The molecule has 0 saturated heterocycles. The van der Waals surface area contributed by atoms with E-state index in [2.05, 4.69) is 42.3 Å². The Labute approximate surface area is 179 Å². The summed E-state index contributed by atoms with van der Waals surface area (Å²) in [5.74, 6) is 0.849. The Balaban J connectivity index is 1.31. The van der Waals surface area contributed by atoms with Crippen molar-refractivity contribution in [1.82, 2.24) is 34.9 Å². The van der Waals surface area contributed by atoms with Crippen LogP contribution in [0.4, 0.5) is 5.95 Å². The van der Waals surface area contributed by atoms with Gasteiger partial charge in [-0.15, -0.1) is 0 Å². The molecule has 4 aromatic heterocycles. The van der Waals surface area contributed by atoms with Crippen LogP contribution in [0.5, 0.6) is 0 Å². The summed E-state index contributed by atoms with van der Waals surface area (Å²) in [7, 11) is 0. The van der Waals surface area contributed by atoms with Gasteiger partial charge in [0.2, 0.25) is 5.91 Å². The second-order valence-electron chi connectivity index (χ2n) is 8.47. The van der Waals surface area contributed by atoms with Crippen LogP contribution in [0.15, 0.2) is 42.0 Å². The zero-order valence-electron chi connectivity index (χ0n) is 17.5. The highest BCUT2D eigenvalue weighted by Gasteiger charge is 2.31. The first kappa shape index (κ1) is 19.3. The molecule has 158 valence electrons. The summed E-state index contributed by atoms with van der Waals surface area (Å²) in [5, 5.41) is 8.15. The highest BCUT2D eigenvalue weighted by atomic mass is 16.1. The van der Waals surface area contributed by atoms with E-state index in [4.69, 9.17) is 0 Å². The number of nitrogens with zero attached hydrogens (tertiary/aromatic N) is 6. The average molecular weight is 416 g/mol. The van der Waals surface area contributed by atoms with Gasteiger partial charge >= 0.3 is 0 Å². The minimum absolute atomic E-state index is 0.0306. The third-order valence-corrected chi connectivity index (χ3v) is 6.02. The fourth-order valence-corrected chi connectivity index (χ4v) is 4.33. The summed E-state index contributed by atoms with van der Waals surface area (Å²) in [6.07, 6.45) is 13.0. The second kappa shape index (κ2) is 7.57. The van der Waals surface area contributed by atoms with Crippen LogP contribution < -0.4 is 5.32 Å². The van der Waals surface area contributed by atoms with E-state index in [0.29, 0.717) is 11.9 Å². The van der Waals surface area contributed by atoms with Gasteiger partial charge in [0, 0.05) is 48.2 Å². The molecule has 0 spiro atoms. The number of fused-ring (bicyclic) bond motifs is 2. The van der Waals surface area contributed by atoms with E-state index in [1.807, 2.05) is 36.9 Å². The van der Waals surface area contributed by atoms with Crippen LogP contribution in [-0.4, -0.2) is 47.2 Å². The quantitative estimate of drug-likeness (QED) is 0.495. The Bertz CT molecular complexity index is 1280. The highest BCUT2D eigenvalue weighted by molar-refractivity contribution is 5.93. The topological polar surface area (TPSA) is 113 Å². The molecule has 4 heterocycles. The van der Waals surface area contributed by atoms with Crippen LogP contribution in [0, 0.1) is 5.92 Å². The third-order valence-electron chi connectivity index (χ3n) is 6.02. The van der Waals surface area contributed by atoms with Gasteiger partial charge in [-0.1, -0.05) is 0 Å². The molecule has 0 unspecified atom stereocenters. The van der Waals surface area contributed by atoms with Crippen molar-refractivity contribution in [1.29, 1.82) is 0 Å². The highest BCUT2D eigenvalue weighted by Crippen LogP contribution is 2.32. The van der Waals surface area contributed by atoms with Crippen molar-refractivity contribution in [2.24, 2.45) is 10.9 Å². The lowest BCUT2D eigenvalue weighted by Crippen LogP contribution is -2.47. The van der Waals surface area contributed by atoms with Crippen LogP contribution in [-0.2, 0) is 4.79 Å². The van der Waals surface area contributed by atoms with Crippen molar-refractivity contribution in [3.63, 3.8) is 0 Å². The van der Waals surface area contributed by atoms with Gasteiger partial charge in [-0.25, -0.2) is 19.5 Å². The molecule has 2 N–H and O–H groups in total. The molecule has 1 aliphatic rings. The monoisotopic (exact) mass is 416 g/mol. The molecule has 1 fully saturated rings. The van der Waals surface area contributed by atoms with E-state index in [1.165, 1.54) is 6.33 Å². The second-order valence-corrected chi connectivity index (χ2v) is 8.47. The van der Waals surface area contributed by atoms with Gasteiger partial charge in [-0.05, 0) is 56.2 Å². The normalized spacial score (nSPS) is 21.8. The molecule has 4 aromatic rings. The van der Waals surface area contributed by atoms with Gasteiger partial charge in [-0.3, -0.25) is 4.79 Å². The summed E-state index contributed by atoms with van der Waals surface area (Å²) >= 11 is 0. The summed E-state index contributed by atoms with van der Waals surface area (Å²) in [5.41, 5.74) is 3.47. The van der Waals surface area contributed by atoms with Crippen LogP contribution in [0.3, 0.4) is 0 Å². The minimum Gasteiger partial charge on any atom is -0.351 e. The van der Waals surface area contributed by atoms with E-state index in [1.54, 1.807) is 11.4 Å². The lowest BCUT2D eigenvalue weighted by molar-refractivity contribution is -0.121. The van der Waals surface area contributed by atoms with E-state index in [-0.39, 0.29) is 11.4 Å². The first-order valence-electron chi connectivity index (χ1n) is 10.5. The van der Waals surface area contributed by atoms with E-state index >= 15 is 0 Å². The molecule has 31 heavy (non-hydrogen) atoms. The van der Waals surface area contributed by atoms with Crippen LogP contribution >= 0.6 is 0 Å².